The molecule has 0 aliphatic rings. The van der Waals surface area contributed by atoms with Crippen LogP contribution in [0.15, 0.2) is 0 Å². The van der Waals surface area contributed by atoms with Gasteiger partial charge < -0.3 is 21.5 Å². The second-order valence-corrected chi connectivity index (χ2v) is 3.88. The van der Waals surface area contributed by atoms with E-state index in [0.717, 1.165) is 0 Å². The fourth-order valence-electron chi connectivity index (χ4n) is 1.01. The molecule has 0 aromatic carbocycles. The normalized spacial score (nSPS) is 13.9. The first-order valence-electron chi connectivity index (χ1n) is 5.23. The first kappa shape index (κ1) is 15.5. The number of hydrogen-bond donors (Lipinski definition) is 4. The number of rotatable bonds is 7. The molecule has 0 aliphatic carbocycles. The Bertz CT molecular complexity index is 281. The summed E-state index contributed by atoms with van der Waals surface area (Å²) in [4.78, 5) is 32.8. The predicted octanol–water partition coefficient (Wildman–Crippen LogP) is -2.33. The SMILES string of the molecule is CC(C)C(N)C(=O)NC(CO)C(=O)NC[C]=O. The minimum atomic E-state index is -1.11. The number of carbonyl (C=O) groups excluding carboxylic acids is 3. The summed E-state index contributed by atoms with van der Waals surface area (Å²) < 4.78 is 0. The maximum atomic E-state index is 11.5. The zero-order valence-electron chi connectivity index (χ0n) is 9.90. The van der Waals surface area contributed by atoms with E-state index in [0.29, 0.717) is 0 Å². The summed E-state index contributed by atoms with van der Waals surface area (Å²) in [7, 11) is 0. The van der Waals surface area contributed by atoms with Gasteiger partial charge in [-0.25, -0.2) is 0 Å². The van der Waals surface area contributed by atoms with Gasteiger partial charge in [0.1, 0.15) is 6.04 Å². The van der Waals surface area contributed by atoms with Gasteiger partial charge in [-0.1, -0.05) is 13.8 Å². The van der Waals surface area contributed by atoms with Crippen molar-refractivity contribution in [2.75, 3.05) is 13.2 Å². The van der Waals surface area contributed by atoms with Crippen molar-refractivity contribution in [2.24, 2.45) is 11.7 Å². The molecule has 97 valence electrons. The number of aliphatic hydroxyl groups is 1. The largest absolute Gasteiger partial charge is 0.394 e. The van der Waals surface area contributed by atoms with Crippen LogP contribution in [0.4, 0.5) is 0 Å². The zero-order valence-corrected chi connectivity index (χ0v) is 9.90. The molecule has 2 amide bonds. The Morgan fingerprint density at radius 1 is 1.35 bits per heavy atom. The molecule has 2 unspecified atom stereocenters. The predicted molar refractivity (Wildman–Crippen MR) is 60.5 cm³/mol. The molecule has 7 nitrogen and oxygen atoms in total. The molecule has 5 N–H and O–H groups in total. The van der Waals surface area contributed by atoms with Crippen LogP contribution in [-0.2, 0) is 14.4 Å². The summed E-state index contributed by atoms with van der Waals surface area (Å²) in [6.45, 7) is 2.67. The molecule has 0 bridgehead atoms. The summed E-state index contributed by atoms with van der Waals surface area (Å²) in [5.41, 5.74) is 5.58. The van der Waals surface area contributed by atoms with Gasteiger partial charge in [0, 0.05) is 0 Å². The minimum Gasteiger partial charge on any atom is -0.394 e. The van der Waals surface area contributed by atoms with Crippen molar-refractivity contribution in [1.29, 1.82) is 0 Å². The van der Waals surface area contributed by atoms with Gasteiger partial charge in [0.05, 0.1) is 19.2 Å². The van der Waals surface area contributed by atoms with Crippen LogP contribution in [0.25, 0.3) is 0 Å². The molecule has 0 spiro atoms. The molecule has 0 fully saturated rings. The van der Waals surface area contributed by atoms with E-state index in [1.807, 2.05) is 0 Å². The maximum absolute atomic E-state index is 11.5. The second-order valence-electron chi connectivity index (χ2n) is 3.88. The molecule has 0 heterocycles. The van der Waals surface area contributed by atoms with E-state index in [9.17, 15) is 14.4 Å². The standard InChI is InChI=1S/C10H18N3O4/c1-6(2)8(11)10(17)13-7(5-15)9(16)12-3-4-14/h6-8,15H,3,5,11H2,1-2H3,(H,12,16)(H,13,17). The lowest BCUT2D eigenvalue weighted by Crippen LogP contribution is -2.54. The number of nitrogens with two attached hydrogens (primary N) is 1. The monoisotopic (exact) mass is 244 g/mol. The van der Waals surface area contributed by atoms with E-state index in [4.69, 9.17) is 10.8 Å². The quantitative estimate of drug-likeness (QED) is 0.400. The molecule has 17 heavy (non-hydrogen) atoms. The molecule has 0 saturated heterocycles. The Labute approximate surface area is 99.7 Å². The van der Waals surface area contributed by atoms with E-state index in [1.165, 1.54) is 6.29 Å². The third-order valence-electron chi connectivity index (χ3n) is 2.17. The lowest BCUT2D eigenvalue weighted by molar-refractivity contribution is -0.130. The van der Waals surface area contributed by atoms with Gasteiger partial charge in [0.25, 0.3) is 0 Å². The van der Waals surface area contributed by atoms with Crippen LogP contribution in [-0.4, -0.2) is 48.4 Å². The van der Waals surface area contributed by atoms with Gasteiger partial charge in [-0.3, -0.25) is 14.4 Å². The third kappa shape index (κ3) is 5.41. The van der Waals surface area contributed by atoms with Crippen LogP contribution >= 0.6 is 0 Å². The highest BCUT2D eigenvalue weighted by molar-refractivity contribution is 5.90. The second kappa shape index (κ2) is 7.75. The number of hydrogen-bond acceptors (Lipinski definition) is 5. The summed E-state index contributed by atoms with van der Waals surface area (Å²) in [5, 5.41) is 13.4. The molecular formula is C10H18N3O4. The van der Waals surface area contributed by atoms with Gasteiger partial charge in [-0.05, 0) is 5.92 Å². The average Bonchev–Trinajstić information content (AvgIpc) is 2.31. The highest BCUT2D eigenvalue weighted by Crippen LogP contribution is 1.98. The number of nitrogens with one attached hydrogen (secondary N) is 2. The van der Waals surface area contributed by atoms with Crippen LogP contribution in [0.2, 0.25) is 0 Å². The molecular weight excluding hydrogens is 226 g/mol. The average molecular weight is 244 g/mol. The number of carbonyl (C=O) groups is 2. The Balaban J connectivity index is 4.34. The Kier molecular flexibility index (Phi) is 7.08. The van der Waals surface area contributed by atoms with Gasteiger partial charge in [0.2, 0.25) is 18.1 Å². The highest BCUT2D eigenvalue weighted by atomic mass is 16.3. The molecule has 0 rings (SSSR count). The van der Waals surface area contributed by atoms with Crippen LogP contribution in [0.5, 0.6) is 0 Å². The fraction of sp³-hybridized carbons (Fsp3) is 0.700. The van der Waals surface area contributed by atoms with Crippen LogP contribution in [0.3, 0.4) is 0 Å². The van der Waals surface area contributed by atoms with Crippen molar-refractivity contribution in [3.63, 3.8) is 0 Å². The number of amides is 2. The Morgan fingerprint density at radius 2 is 1.94 bits per heavy atom. The molecule has 0 aliphatic heterocycles. The van der Waals surface area contributed by atoms with E-state index < -0.39 is 30.5 Å². The molecule has 2 atom stereocenters. The van der Waals surface area contributed by atoms with Crippen LogP contribution < -0.4 is 16.4 Å². The first-order chi connectivity index (χ1) is 7.93. The summed E-state index contributed by atoms with van der Waals surface area (Å²) >= 11 is 0. The van der Waals surface area contributed by atoms with Crippen molar-refractivity contribution in [3.8, 4) is 0 Å². The van der Waals surface area contributed by atoms with E-state index in [1.54, 1.807) is 13.8 Å². The van der Waals surface area contributed by atoms with Gasteiger partial charge in [-0.15, -0.1) is 0 Å². The first-order valence-corrected chi connectivity index (χ1v) is 5.23. The van der Waals surface area contributed by atoms with Crippen LogP contribution in [0.1, 0.15) is 13.8 Å². The topological polar surface area (TPSA) is 122 Å². The van der Waals surface area contributed by atoms with E-state index in [-0.39, 0.29) is 12.5 Å². The van der Waals surface area contributed by atoms with Crippen molar-refractivity contribution in [1.82, 2.24) is 10.6 Å². The van der Waals surface area contributed by atoms with Crippen molar-refractivity contribution in [3.05, 3.63) is 0 Å². The maximum Gasteiger partial charge on any atom is 0.245 e. The van der Waals surface area contributed by atoms with Gasteiger partial charge in [-0.2, -0.15) is 0 Å². The molecule has 0 saturated carbocycles. The molecule has 0 aromatic heterocycles. The highest BCUT2D eigenvalue weighted by Gasteiger charge is 2.24. The van der Waals surface area contributed by atoms with Gasteiger partial charge >= 0.3 is 0 Å². The van der Waals surface area contributed by atoms with Crippen LogP contribution in [0, 0.1) is 5.92 Å². The smallest absolute Gasteiger partial charge is 0.245 e. The van der Waals surface area contributed by atoms with Gasteiger partial charge in [0.15, 0.2) is 0 Å². The third-order valence-corrected chi connectivity index (χ3v) is 2.17. The van der Waals surface area contributed by atoms with Crippen molar-refractivity contribution >= 4 is 18.1 Å². The molecule has 1 radical (unpaired) electrons. The molecule has 0 aromatic rings. The molecule has 7 heteroatoms. The Hall–Kier alpha value is -1.47. The lowest BCUT2D eigenvalue weighted by Gasteiger charge is -2.20. The van der Waals surface area contributed by atoms with E-state index >= 15 is 0 Å². The summed E-state index contributed by atoms with van der Waals surface area (Å²) in [6.07, 6.45) is 1.47. The zero-order chi connectivity index (χ0) is 13.4. The van der Waals surface area contributed by atoms with Crippen molar-refractivity contribution < 1.29 is 19.5 Å². The number of aliphatic hydroxyl groups excluding tert-OH is 1. The van der Waals surface area contributed by atoms with Crippen molar-refractivity contribution in [2.45, 2.75) is 25.9 Å². The summed E-state index contributed by atoms with van der Waals surface area (Å²) in [6, 6.07) is -1.87. The van der Waals surface area contributed by atoms with E-state index in [2.05, 4.69) is 10.6 Å². The fourth-order valence-corrected chi connectivity index (χ4v) is 1.01. The lowest BCUT2D eigenvalue weighted by atomic mass is 10.0. The summed E-state index contributed by atoms with van der Waals surface area (Å²) in [5.74, 6) is -1.26. The Morgan fingerprint density at radius 3 is 2.35 bits per heavy atom. The minimum absolute atomic E-state index is 0.0827.